The summed E-state index contributed by atoms with van der Waals surface area (Å²) in [6, 6.07) is 18.7. The number of carbonyl (C=O) groups is 2. The second-order valence-corrected chi connectivity index (χ2v) is 5.75. The van der Waals surface area contributed by atoms with E-state index >= 15 is 0 Å². The highest BCUT2D eigenvalue weighted by Gasteiger charge is 2.13. The number of Topliss-reactive ketones (excluding diaryl/α,β-unsaturated/α-hetero) is 1. The highest BCUT2D eigenvalue weighted by Crippen LogP contribution is 2.18. The lowest BCUT2D eigenvalue weighted by molar-refractivity contribution is 0.0990. The standard InChI is InChI=1S/C21H16N2O4/c1-14(24)15-6-8-17(9-7-15)26-13-18-10-11-20(27-18)21(25)23-19-5-3-2-4-16(19)12-22/h2-11H,13H2,1H3,(H,23,25). The maximum absolute atomic E-state index is 12.3. The van der Waals surface area contributed by atoms with Crippen molar-refractivity contribution in [3.8, 4) is 11.8 Å². The van der Waals surface area contributed by atoms with E-state index in [-0.39, 0.29) is 18.2 Å². The van der Waals surface area contributed by atoms with Crippen LogP contribution in [0.4, 0.5) is 5.69 Å². The number of nitrogens with one attached hydrogen (secondary N) is 1. The van der Waals surface area contributed by atoms with E-state index in [9.17, 15) is 9.59 Å². The summed E-state index contributed by atoms with van der Waals surface area (Å²) in [6.45, 7) is 1.64. The summed E-state index contributed by atoms with van der Waals surface area (Å²) in [5, 5.41) is 11.7. The van der Waals surface area contributed by atoms with E-state index in [1.165, 1.54) is 6.92 Å². The number of benzene rings is 2. The van der Waals surface area contributed by atoms with Crippen LogP contribution in [0.2, 0.25) is 0 Å². The summed E-state index contributed by atoms with van der Waals surface area (Å²) >= 11 is 0. The molecule has 0 spiro atoms. The van der Waals surface area contributed by atoms with Crippen molar-refractivity contribution >= 4 is 17.4 Å². The van der Waals surface area contributed by atoms with Gasteiger partial charge in [-0.2, -0.15) is 5.26 Å². The van der Waals surface area contributed by atoms with E-state index in [2.05, 4.69) is 5.32 Å². The summed E-state index contributed by atoms with van der Waals surface area (Å²) < 4.78 is 11.1. The Kier molecular flexibility index (Phi) is 5.33. The van der Waals surface area contributed by atoms with Crippen LogP contribution in [0.5, 0.6) is 5.75 Å². The van der Waals surface area contributed by atoms with Crippen molar-refractivity contribution in [1.82, 2.24) is 0 Å². The summed E-state index contributed by atoms with van der Waals surface area (Å²) in [5.41, 5.74) is 1.40. The van der Waals surface area contributed by atoms with Crippen molar-refractivity contribution in [2.24, 2.45) is 0 Å². The van der Waals surface area contributed by atoms with Gasteiger partial charge in [-0.1, -0.05) is 12.1 Å². The first kappa shape index (κ1) is 18.0. The number of rotatable bonds is 6. The second kappa shape index (κ2) is 8.02. The Morgan fingerprint density at radius 3 is 2.52 bits per heavy atom. The van der Waals surface area contributed by atoms with Gasteiger partial charge < -0.3 is 14.5 Å². The predicted molar refractivity (Wildman–Crippen MR) is 98.6 cm³/mol. The highest BCUT2D eigenvalue weighted by molar-refractivity contribution is 6.03. The van der Waals surface area contributed by atoms with Gasteiger partial charge >= 0.3 is 0 Å². The SMILES string of the molecule is CC(=O)c1ccc(OCc2ccc(C(=O)Nc3ccccc3C#N)o2)cc1. The first-order chi connectivity index (χ1) is 13.1. The molecule has 2 aromatic carbocycles. The Morgan fingerprint density at radius 1 is 1.07 bits per heavy atom. The number of anilines is 1. The second-order valence-electron chi connectivity index (χ2n) is 5.75. The number of para-hydroxylation sites is 1. The molecule has 1 heterocycles. The van der Waals surface area contributed by atoms with Crippen LogP contribution >= 0.6 is 0 Å². The Morgan fingerprint density at radius 2 is 1.81 bits per heavy atom. The largest absolute Gasteiger partial charge is 0.486 e. The topological polar surface area (TPSA) is 92.3 Å². The summed E-state index contributed by atoms with van der Waals surface area (Å²) in [5.74, 6) is 0.721. The Hall–Kier alpha value is -3.85. The van der Waals surface area contributed by atoms with E-state index < -0.39 is 5.91 Å². The van der Waals surface area contributed by atoms with Gasteiger partial charge in [0.05, 0.1) is 11.3 Å². The third-order valence-electron chi connectivity index (χ3n) is 3.82. The molecule has 6 nitrogen and oxygen atoms in total. The van der Waals surface area contributed by atoms with Crippen LogP contribution in [0.3, 0.4) is 0 Å². The normalized spacial score (nSPS) is 10.1. The Bertz CT molecular complexity index is 1010. The molecule has 134 valence electrons. The minimum absolute atomic E-state index is 0.0128. The van der Waals surface area contributed by atoms with E-state index in [4.69, 9.17) is 14.4 Å². The highest BCUT2D eigenvalue weighted by atomic mass is 16.5. The van der Waals surface area contributed by atoms with Crippen molar-refractivity contribution in [1.29, 1.82) is 5.26 Å². The van der Waals surface area contributed by atoms with Crippen LogP contribution in [-0.4, -0.2) is 11.7 Å². The molecule has 1 N–H and O–H groups in total. The van der Waals surface area contributed by atoms with Crippen molar-refractivity contribution in [3.05, 3.63) is 83.3 Å². The number of hydrogen-bond acceptors (Lipinski definition) is 5. The lowest BCUT2D eigenvalue weighted by Crippen LogP contribution is -2.11. The molecule has 0 saturated heterocycles. The average molecular weight is 360 g/mol. The molecule has 1 amide bonds. The molecule has 0 aliphatic heterocycles. The molecule has 0 aliphatic carbocycles. The number of ketones is 1. The molecule has 0 atom stereocenters. The van der Waals surface area contributed by atoms with Gasteiger partial charge in [0, 0.05) is 5.56 Å². The first-order valence-corrected chi connectivity index (χ1v) is 8.20. The van der Waals surface area contributed by atoms with Crippen molar-refractivity contribution < 1.29 is 18.7 Å². The van der Waals surface area contributed by atoms with Gasteiger partial charge in [-0.05, 0) is 55.5 Å². The number of hydrogen-bond donors (Lipinski definition) is 1. The average Bonchev–Trinajstić information content (AvgIpc) is 3.16. The minimum atomic E-state index is -0.449. The summed E-state index contributed by atoms with van der Waals surface area (Å²) in [7, 11) is 0. The van der Waals surface area contributed by atoms with Gasteiger partial charge in [-0.25, -0.2) is 0 Å². The van der Waals surface area contributed by atoms with Crippen LogP contribution in [0.15, 0.2) is 65.1 Å². The lowest BCUT2D eigenvalue weighted by Gasteiger charge is -2.06. The van der Waals surface area contributed by atoms with Crippen molar-refractivity contribution in [2.75, 3.05) is 5.32 Å². The maximum atomic E-state index is 12.3. The third kappa shape index (κ3) is 4.41. The predicted octanol–water partition coefficient (Wildman–Crippen LogP) is 4.19. The zero-order valence-corrected chi connectivity index (χ0v) is 14.6. The fourth-order valence-electron chi connectivity index (χ4n) is 2.39. The number of furan rings is 1. The van der Waals surface area contributed by atoms with Gasteiger partial charge in [-0.3, -0.25) is 9.59 Å². The first-order valence-electron chi connectivity index (χ1n) is 8.20. The van der Waals surface area contributed by atoms with Gasteiger partial charge in [0.15, 0.2) is 11.5 Å². The quantitative estimate of drug-likeness (QED) is 0.666. The fourth-order valence-corrected chi connectivity index (χ4v) is 2.39. The molecular formula is C21H16N2O4. The summed E-state index contributed by atoms with van der Waals surface area (Å²) in [6.07, 6.45) is 0. The van der Waals surface area contributed by atoms with Crippen LogP contribution < -0.4 is 10.1 Å². The molecule has 0 radical (unpaired) electrons. The molecule has 1 aromatic heterocycles. The number of ether oxygens (including phenoxy) is 1. The van der Waals surface area contributed by atoms with Crippen molar-refractivity contribution in [2.45, 2.75) is 13.5 Å². The number of nitriles is 1. The van der Waals surface area contributed by atoms with Gasteiger partial charge in [0.25, 0.3) is 5.91 Å². The minimum Gasteiger partial charge on any atom is -0.486 e. The molecule has 6 heteroatoms. The molecule has 0 unspecified atom stereocenters. The molecule has 3 aromatic rings. The number of amides is 1. The van der Waals surface area contributed by atoms with Crippen LogP contribution in [0, 0.1) is 11.3 Å². The third-order valence-corrected chi connectivity index (χ3v) is 3.82. The lowest BCUT2D eigenvalue weighted by atomic mass is 10.1. The molecule has 0 fully saturated rings. The molecule has 3 rings (SSSR count). The van der Waals surface area contributed by atoms with E-state index in [1.807, 2.05) is 6.07 Å². The van der Waals surface area contributed by atoms with Gasteiger partial charge in [0.1, 0.15) is 24.2 Å². The van der Waals surface area contributed by atoms with E-state index in [1.54, 1.807) is 60.7 Å². The molecule has 27 heavy (non-hydrogen) atoms. The Balaban J connectivity index is 1.61. The zero-order chi connectivity index (χ0) is 19.2. The van der Waals surface area contributed by atoms with Gasteiger partial charge in [-0.15, -0.1) is 0 Å². The number of nitrogens with zero attached hydrogens (tertiary/aromatic N) is 1. The van der Waals surface area contributed by atoms with Crippen LogP contribution in [0.1, 0.15) is 39.2 Å². The monoisotopic (exact) mass is 360 g/mol. The Labute approximate surface area is 156 Å². The fraction of sp³-hybridized carbons (Fsp3) is 0.0952. The van der Waals surface area contributed by atoms with Crippen LogP contribution in [-0.2, 0) is 6.61 Å². The zero-order valence-electron chi connectivity index (χ0n) is 14.6. The molecule has 0 saturated carbocycles. The van der Waals surface area contributed by atoms with Crippen molar-refractivity contribution in [3.63, 3.8) is 0 Å². The molecule has 0 aliphatic rings. The van der Waals surface area contributed by atoms with Gasteiger partial charge in [0.2, 0.25) is 0 Å². The molecule has 0 bridgehead atoms. The van der Waals surface area contributed by atoms with Crippen LogP contribution in [0.25, 0.3) is 0 Å². The maximum Gasteiger partial charge on any atom is 0.291 e. The van der Waals surface area contributed by atoms with E-state index in [0.717, 1.165) is 0 Å². The molecular weight excluding hydrogens is 344 g/mol. The summed E-state index contributed by atoms with van der Waals surface area (Å²) in [4.78, 5) is 23.5. The number of carbonyl (C=O) groups excluding carboxylic acids is 2. The smallest absolute Gasteiger partial charge is 0.291 e. The van der Waals surface area contributed by atoms with E-state index in [0.29, 0.717) is 28.3 Å².